The van der Waals surface area contributed by atoms with Crippen molar-refractivity contribution in [2.45, 2.75) is 32.2 Å². The van der Waals surface area contributed by atoms with Crippen molar-refractivity contribution in [3.63, 3.8) is 0 Å². The van der Waals surface area contributed by atoms with Crippen LogP contribution in [0.2, 0.25) is 0 Å². The first-order chi connectivity index (χ1) is 8.63. The summed E-state index contributed by atoms with van der Waals surface area (Å²) < 4.78 is 28.4. The summed E-state index contributed by atoms with van der Waals surface area (Å²) in [5.41, 5.74) is 1.23. The summed E-state index contributed by atoms with van der Waals surface area (Å²) in [7, 11) is 0. The summed E-state index contributed by atoms with van der Waals surface area (Å²) in [6.45, 7) is 2.62. The van der Waals surface area contributed by atoms with Crippen molar-refractivity contribution in [3.05, 3.63) is 45.5 Å². The molecule has 0 spiro atoms. The Bertz CT molecular complexity index is 448. The van der Waals surface area contributed by atoms with E-state index in [2.05, 4.69) is 27.3 Å². The topological polar surface area (TPSA) is 12.0 Å². The normalized spacial score (nSPS) is 16.8. The van der Waals surface area contributed by atoms with Crippen LogP contribution in [0.3, 0.4) is 0 Å². The molecular weight excluding hydrogens is 300 g/mol. The number of halogens is 3. The predicted molar refractivity (Wildman–Crippen MR) is 72.4 cm³/mol. The number of hydrogen-bond acceptors (Lipinski definition) is 1. The molecule has 1 aromatic rings. The minimum Gasteiger partial charge on any atom is -0.307 e. The van der Waals surface area contributed by atoms with Crippen LogP contribution in [-0.4, -0.2) is 6.54 Å². The van der Waals surface area contributed by atoms with Gasteiger partial charge in [-0.3, -0.25) is 0 Å². The van der Waals surface area contributed by atoms with Crippen LogP contribution in [0.15, 0.2) is 28.3 Å². The van der Waals surface area contributed by atoms with E-state index < -0.39 is 11.6 Å². The molecule has 1 atom stereocenters. The Morgan fingerprint density at radius 1 is 1.33 bits per heavy atom. The second kappa shape index (κ2) is 5.93. The van der Waals surface area contributed by atoms with Crippen LogP contribution < -0.4 is 5.32 Å². The van der Waals surface area contributed by atoms with Gasteiger partial charge in [0.25, 0.3) is 0 Å². The van der Waals surface area contributed by atoms with Gasteiger partial charge in [-0.05, 0) is 37.9 Å². The third-order valence-corrected chi connectivity index (χ3v) is 3.65. The zero-order valence-corrected chi connectivity index (χ0v) is 11.9. The molecule has 1 aliphatic carbocycles. The van der Waals surface area contributed by atoms with E-state index in [1.54, 1.807) is 0 Å². The second-order valence-electron chi connectivity index (χ2n) is 4.45. The van der Waals surface area contributed by atoms with Crippen LogP contribution in [0.4, 0.5) is 8.78 Å². The van der Waals surface area contributed by atoms with Gasteiger partial charge >= 0.3 is 0 Å². The molecule has 0 radical (unpaired) electrons. The van der Waals surface area contributed by atoms with Gasteiger partial charge < -0.3 is 5.32 Å². The minimum absolute atomic E-state index is 0.133. The zero-order chi connectivity index (χ0) is 13.1. The molecule has 0 aliphatic heterocycles. The van der Waals surface area contributed by atoms with Crippen molar-refractivity contribution in [2.75, 3.05) is 6.54 Å². The van der Waals surface area contributed by atoms with Crippen molar-refractivity contribution in [1.82, 2.24) is 5.32 Å². The molecular formula is C14H16BrF2N. The predicted octanol–water partition coefficient (Wildman–Crippen LogP) is 4.49. The van der Waals surface area contributed by atoms with Gasteiger partial charge in [0.2, 0.25) is 0 Å². The number of nitrogens with one attached hydrogen (secondary N) is 1. The first-order valence-electron chi connectivity index (χ1n) is 6.20. The maximum atomic E-state index is 14.0. The monoisotopic (exact) mass is 315 g/mol. The van der Waals surface area contributed by atoms with Gasteiger partial charge in [-0.15, -0.1) is 0 Å². The van der Waals surface area contributed by atoms with Crippen molar-refractivity contribution < 1.29 is 8.78 Å². The molecule has 98 valence electrons. The molecule has 0 heterocycles. The van der Waals surface area contributed by atoms with E-state index in [9.17, 15) is 8.78 Å². The van der Waals surface area contributed by atoms with Gasteiger partial charge in [-0.2, -0.15) is 0 Å². The molecule has 1 aromatic carbocycles. The van der Waals surface area contributed by atoms with Gasteiger partial charge in [0, 0.05) is 10.0 Å². The molecule has 1 N–H and O–H groups in total. The fourth-order valence-electron chi connectivity index (χ4n) is 2.41. The molecule has 1 unspecified atom stereocenters. The van der Waals surface area contributed by atoms with E-state index >= 15 is 0 Å². The Labute approximate surface area is 114 Å². The maximum absolute atomic E-state index is 14.0. The lowest BCUT2D eigenvalue weighted by atomic mass is 9.97. The summed E-state index contributed by atoms with van der Waals surface area (Å²) >= 11 is 3.10. The second-order valence-corrected chi connectivity index (χ2v) is 5.36. The van der Waals surface area contributed by atoms with Crippen LogP contribution in [0, 0.1) is 11.6 Å². The average molecular weight is 316 g/mol. The number of likely N-dealkylation sites (N-methyl/N-ethyl adjacent to an activating group) is 1. The van der Waals surface area contributed by atoms with Crippen LogP contribution in [0.1, 0.15) is 37.8 Å². The highest BCUT2D eigenvalue weighted by Crippen LogP contribution is 2.34. The van der Waals surface area contributed by atoms with E-state index in [1.807, 2.05) is 6.92 Å². The smallest absolute Gasteiger partial charge is 0.132 e. The molecule has 1 nitrogen and oxygen atoms in total. The van der Waals surface area contributed by atoms with Gasteiger partial charge in [0.05, 0.1) is 6.04 Å². The first-order valence-corrected chi connectivity index (χ1v) is 6.99. The van der Waals surface area contributed by atoms with Gasteiger partial charge in [0.1, 0.15) is 11.6 Å². The Kier molecular flexibility index (Phi) is 4.51. The van der Waals surface area contributed by atoms with E-state index in [0.29, 0.717) is 11.0 Å². The number of hydrogen-bond donors (Lipinski definition) is 1. The lowest BCUT2D eigenvalue weighted by Gasteiger charge is -2.21. The van der Waals surface area contributed by atoms with Crippen LogP contribution in [0.5, 0.6) is 0 Å². The summed E-state index contributed by atoms with van der Waals surface area (Å²) in [5, 5.41) is 3.18. The number of benzene rings is 1. The van der Waals surface area contributed by atoms with E-state index in [0.717, 1.165) is 24.8 Å². The van der Waals surface area contributed by atoms with Crippen LogP contribution in [0.25, 0.3) is 0 Å². The SMILES string of the molecule is CCNC(C1=CCCC1)c1c(F)cc(Br)cc1F. The van der Waals surface area contributed by atoms with Crippen LogP contribution >= 0.6 is 15.9 Å². The van der Waals surface area contributed by atoms with Crippen LogP contribution in [-0.2, 0) is 0 Å². The van der Waals surface area contributed by atoms with E-state index in [1.165, 1.54) is 12.1 Å². The lowest BCUT2D eigenvalue weighted by molar-refractivity contribution is 0.501. The Morgan fingerprint density at radius 2 is 2.00 bits per heavy atom. The molecule has 1 aliphatic rings. The van der Waals surface area contributed by atoms with Crippen molar-refractivity contribution in [2.24, 2.45) is 0 Å². The van der Waals surface area contributed by atoms with Crippen molar-refractivity contribution >= 4 is 15.9 Å². The fraction of sp³-hybridized carbons (Fsp3) is 0.429. The highest BCUT2D eigenvalue weighted by Gasteiger charge is 2.24. The first kappa shape index (κ1) is 13.7. The quantitative estimate of drug-likeness (QED) is 0.807. The Morgan fingerprint density at radius 3 is 2.50 bits per heavy atom. The van der Waals surface area contributed by atoms with Crippen molar-refractivity contribution in [3.8, 4) is 0 Å². The number of rotatable bonds is 4. The zero-order valence-electron chi connectivity index (χ0n) is 10.3. The number of allylic oxidation sites excluding steroid dienone is 1. The fourth-order valence-corrected chi connectivity index (χ4v) is 2.81. The van der Waals surface area contributed by atoms with E-state index in [4.69, 9.17) is 0 Å². The third-order valence-electron chi connectivity index (χ3n) is 3.19. The van der Waals surface area contributed by atoms with Gasteiger partial charge in [0.15, 0.2) is 0 Å². The Hall–Kier alpha value is -0.740. The highest BCUT2D eigenvalue weighted by atomic mass is 79.9. The molecule has 18 heavy (non-hydrogen) atoms. The molecule has 0 saturated heterocycles. The maximum Gasteiger partial charge on any atom is 0.132 e. The van der Waals surface area contributed by atoms with Gasteiger partial charge in [-0.1, -0.05) is 34.5 Å². The molecule has 0 bridgehead atoms. The summed E-state index contributed by atoms with van der Waals surface area (Å²) in [5.74, 6) is -0.999. The Balaban J connectivity index is 2.42. The molecule has 0 saturated carbocycles. The lowest BCUT2D eigenvalue weighted by Crippen LogP contribution is -2.24. The summed E-state index contributed by atoms with van der Waals surface area (Å²) in [6.07, 6.45) is 5.06. The van der Waals surface area contributed by atoms with Crippen molar-refractivity contribution in [1.29, 1.82) is 0 Å². The highest BCUT2D eigenvalue weighted by molar-refractivity contribution is 9.10. The third kappa shape index (κ3) is 2.81. The average Bonchev–Trinajstić information content (AvgIpc) is 2.79. The standard InChI is InChI=1S/C14H16BrF2N/c1-2-18-14(9-5-3-4-6-9)13-11(16)7-10(15)8-12(13)17/h5,7-8,14,18H,2-4,6H2,1H3. The molecule has 0 fully saturated rings. The summed E-state index contributed by atoms with van der Waals surface area (Å²) in [6, 6.07) is 2.29. The molecule has 0 aromatic heterocycles. The largest absolute Gasteiger partial charge is 0.307 e. The minimum atomic E-state index is -0.499. The van der Waals surface area contributed by atoms with Gasteiger partial charge in [-0.25, -0.2) is 8.78 Å². The molecule has 4 heteroatoms. The molecule has 2 rings (SSSR count). The molecule has 0 amide bonds. The summed E-state index contributed by atoms with van der Waals surface area (Å²) in [4.78, 5) is 0. The van der Waals surface area contributed by atoms with E-state index in [-0.39, 0.29) is 11.6 Å².